The maximum atomic E-state index is 12.2. The van der Waals surface area contributed by atoms with E-state index in [1.807, 2.05) is 17.5 Å². The van der Waals surface area contributed by atoms with Crippen molar-refractivity contribution in [3.8, 4) is 10.7 Å². The standard InChI is InChI=1S/C15H19N5O2S2/c1-16-12(21)8-19(2)13(22)9-24-15-18-17-14(11-4-3-7-23-11)20(15)10-5-6-10/h3-4,7,10H,5-6,8-9H2,1-2H3,(H,16,21). The summed E-state index contributed by atoms with van der Waals surface area (Å²) in [6.07, 6.45) is 2.24. The monoisotopic (exact) mass is 365 g/mol. The van der Waals surface area contributed by atoms with Crippen LogP contribution in [0.3, 0.4) is 0 Å². The summed E-state index contributed by atoms with van der Waals surface area (Å²) in [6, 6.07) is 4.46. The van der Waals surface area contributed by atoms with Crippen LogP contribution in [-0.2, 0) is 9.59 Å². The van der Waals surface area contributed by atoms with Crippen molar-refractivity contribution in [3.05, 3.63) is 17.5 Å². The summed E-state index contributed by atoms with van der Waals surface area (Å²) in [5, 5.41) is 13.9. The molecule has 0 atom stereocenters. The third-order valence-electron chi connectivity index (χ3n) is 3.73. The average Bonchev–Trinajstić information content (AvgIpc) is 3.11. The molecule has 0 aliphatic heterocycles. The fourth-order valence-electron chi connectivity index (χ4n) is 2.23. The van der Waals surface area contributed by atoms with Gasteiger partial charge in [-0.15, -0.1) is 21.5 Å². The molecule has 2 heterocycles. The van der Waals surface area contributed by atoms with E-state index in [4.69, 9.17) is 0 Å². The first-order chi connectivity index (χ1) is 11.6. The van der Waals surface area contributed by atoms with Gasteiger partial charge < -0.3 is 10.2 Å². The van der Waals surface area contributed by atoms with Gasteiger partial charge in [0.1, 0.15) is 0 Å². The van der Waals surface area contributed by atoms with E-state index >= 15 is 0 Å². The molecule has 0 aromatic carbocycles. The molecule has 2 aromatic rings. The molecule has 0 radical (unpaired) electrons. The first kappa shape index (κ1) is 17.0. The Labute approximate surface area is 148 Å². The number of hydrogen-bond donors (Lipinski definition) is 1. The Morgan fingerprint density at radius 3 is 2.88 bits per heavy atom. The van der Waals surface area contributed by atoms with Crippen molar-refractivity contribution < 1.29 is 9.59 Å². The number of likely N-dealkylation sites (N-methyl/N-ethyl adjacent to an activating group) is 2. The lowest BCUT2D eigenvalue weighted by Gasteiger charge is -2.15. The van der Waals surface area contributed by atoms with Crippen molar-refractivity contribution in [2.24, 2.45) is 0 Å². The van der Waals surface area contributed by atoms with Crippen LogP contribution in [-0.4, -0.2) is 57.9 Å². The molecule has 1 aliphatic rings. The van der Waals surface area contributed by atoms with Crippen LogP contribution in [0.5, 0.6) is 0 Å². The van der Waals surface area contributed by atoms with E-state index in [9.17, 15) is 9.59 Å². The van der Waals surface area contributed by atoms with Gasteiger partial charge in [0.2, 0.25) is 11.8 Å². The zero-order chi connectivity index (χ0) is 17.1. The fourth-order valence-corrected chi connectivity index (χ4v) is 3.88. The quantitative estimate of drug-likeness (QED) is 0.755. The highest BCUT2D eigenvalue weighted by molar-refractivity contribution is 7.99. The van der Waals surface area contributed by atoms with Gasteiger partial charge in [-0.2, -0.15) is 0 Å². The normalized spacial score (nSPS) is 13.8. The smallest absolute Gasteiger partial charge is 0.239 e. The Morgan fingerprint density at radius 1 is 1.46 bits per heavy atom. The topological polar surface area (TPSA) is 80.1 Å². The predicted molar refractivity (Wildman–Crippen MR) is 94.0 cm³/mol. The molecule has 0 bridgehead atoms. The molecular formula is C15H19N5O2S2. The molecule has 24 heavy (non-hydrogen) atoms. The number of thiophene rings is 1. The fraction of sp³-hybridized carbons (Fsp3) is 0.467. The largest absolute Gasteiger partial charge is 0.358 e. The summed E-state index contributed by atoms with van der Waals surface area (Å²) in [7, 11) is 3.18. The van der Waals surface area contributed by atoms with Crippen LogP contribution in [0.15, 0.2) is 22.7 Å². The highest BCUT2D eigenvalue weighted by Gasteiger charge is 2.30. The van der Waals surface area contributed by atoms with Gasteiger partial charge in [0.15, 0.2) is 11.0 Å². The molecule has 3 rings (SSSR count). The lowest BCUT2D eigenvalue weighted by molar-refractivity contribution is -0.132. The number of rotatable bonds is 7. The zero-order valence-electron chi connectivity index (χ0n) is 13.6. The molecule has 2 amide bonds. The number of hydrogen-bond acceptors (Lipinski definition) is 6. The van der Waals surface area contributed by atoms with Crippen LogP contribution >= 0.6 is 23.1 Å². The van der Waals surface area contributed by atoms with E-state index < -0.39 is 0 Å². The van der Waals surface area contributed by atoms with Crippen molar-refractivity contribution in [3.63, 3.8) is 0 Å². The first-order valence-electron chi connectivity index (χ1n) is 7.66. The second-order valence-electron chi connectivity index (χ2n) is 5.60. The number of aromatic nitrogens is 3. The molecule has 9 heteroatoms. The summed E-state index contributed by atoms with van der Waals surface area (Å²) in [4.78, 5) is 26.0. The van der Waals surface area contributed by atoms with Crippen LogP contribution in [0, 0.1) is 0 Å². The molecule has 128 valence electrons. The van der Waals surface area contributed by atoms with Gasteiger partial charge >= 0.3 is 0 Å². The van der Waals surface area contributed by atoms with Gasteiger partial charge in [0, 0.05) is 20.1 Å². The maximum Gasteiger partial charge on any atom is 0.239 e. The van der Waals surface area contributed by atoms with Crippen molar-refractivity contribution in [1.29, 1.82) is 0 Å². The average molecular weight is 365 g/mol. The lowest BCUT2D eigenvalue weighted by atomic mass is 10.4. The lowest BCUT2D eigenvalue weighted by Crippen LogP contribution is -2.37. The van der Waals surface area contributed by atoms with Gasteiger partial charge in [-0.05, 0) is 24.3 Å². The molecule has 0 unspecified atom stereocenters. The van der Waals surface area contributed by atoms with Crippen LogP contribution in [0.25, 0.3) is 10.7 Å². The van der Waals surface area contributed by atoms with E-state index in [-0.39, 0.29) is 24.1 Å². The van der Waals surface area contributed by atoms with Crippen LogP contribution in [0.2, 0.25) is 0 Å². The molecular weight excluding hydrogens is 346 g/mol. The molecule has 1 fully saturated rings. The van der Waals surface area contributed by atoms with Crippen molar-refractivity contribution >= 4 is 34.9 Å². The molecule has 0 spiro atoms. The summed E-state index contributed by atoms with van der Waals surface area (Å²) < 4.78 is 2.14. The molecule has 7 nitrogen and oxygen atoms in total. The second-order valence-corrected chi connectivity index (χ2v) is 7.49. The summed E-state index contributed by atoms with van der Waals surface area (Å²) in [6.45, 7) is 0.0612. The van der Waals surface area contributed by atoms with Crippen molar-refractivity contribution in [1.82, 2.24) is 25.0 Å². The van der Waals surface area contributed by atoms with Crippen LogP contribution in [0.1, 0.15) is 18.9 Å². The minimum atomic E-state index is -0.183. The summed E-state index contributed by atoms with van der Waals surface area (Å²) in [5.41, 5.74) is 0. The molecule has 2 aromatic heterocycles. The minimum absolute atomic E-state index is 0.0612. The number of carbonyl (C=O) groups is 2. The second kappa shape index (κ2) is 7.35. The van der Waals surface area contributed by atoms with Gasteiger partial charge in [0.25, 0.3) is 0 Å². The van der Waals surface area contributed by atoms with Gasteiger partial charge in [-0.1, -0.05) is 17.8 Å². The molecule has 1 N–H and O–H groups in total. The Kier molecular flexibility index (Phi) is 5.20. The molecule has 1 aliphatic carbocycles. The minimum Gasteiger partial charge on any atom is -0.358 e. The predicted octanol–water partition coefficient (Wildman–Crippen LogP) is 1.64. The highest BCUT2D eigenvalue weighted by atomic mass is 32.2. The van der Waals surface area contributed by atoms with E-state index in [0.717, 1.165) is 28.7 Å². The van der Waals surface area contributed by atoms with Crippen molar-refractivity contribution in [2.45, 2.75) is 24.0 Å². The Bertz CT molecular complexity index is 724. The number of nitrogens with one attached hydrogen (secondary N) is 1. The third-order valence-corrected chi connectivity index (χ3v) is 5.52. The Balaban J connectivity index is 1.67. The van der Waals surface area contributed by atoms with E-state index in [1.165, 1.54) is 16.7 Å². The molecule has 0 saturated heterocycles. The number of nitrogens with zero attached hydrogens (tertiary/aromatic N) is 4. The molecule has 1 saturated carbocycles. The van der Waals surface area contributed by atoms with E-state index in [2.05, 4.69) is 20.1 Å². The van der Waals surface area contributed by atoms with Gasteiger partial charge in [-0.25, -0.2) is 0 Å². The van der Waals surface area contributed by atoms with Gasteiger partial charge in [-0.3, -0.25) is 14.2 Å². The summed E-state index contributed by atoms with van der Waals surface area (Å²) in [5.74, 6) is 0.827. The van der Waals surface area contributed by atoms with Gasteiger partial charge in [0.05, 0.1) is 17.2 Å². The SMILES string of the molecule is CNC(=O)CN(C)C(=O)CSc1nnc(-c2cccs2)n1C1CC1. The summed E-state index contributed by atoms with van der Waals surface area (Å²) >= 11 is 3.01. The van der Waals surface area contributed by atoms with E-state index in [1.54, 1.807) is 25.4 Å². The Hall–Kier alpha value is -1.87. The van der Waals surface area contributed by atoms with Crippen LogP contribution < -0.4 is 5.32 Å². The third kappa shape index (κ3) is 3.78. The number of thioether (sulfide) groups is 1. The number of amides is 2. The zero-order valence-corrected chi connectivity index (χ0v) is 15.2. The van der Waals surface area contributed by atoms with Crippen LogP contribution in [0.4, 0.5) is 0 Å². The first-order valence-corrected chi connectivity index (χ1v) is 9.52. The highest BCUT2D eigenvalue weighted by Crippen LogP contribution is 2.41. The van der Waals surface area contributed by atoms with Crippen molar-refractivity contribution in [2.75, 3.05) is 26.4 Å². The van der Waals surface area contributed by atoms with E-state index in [0.29, 0.717) is 6.04 Å². The number of carbonyl (C=O) groups excluding carboxylic acids is 2. The Morgan fingerprint density at radius 2 is 2.25 bits per heavy atom. The maximum absolute atomic E-state index is 12.2.